The van der Waals surface area contributed by atoms with Crippen LogP contribution < -0.4 is 14.4 Å². The summed E-state index contributed by atoms with van der Waals surface area (Å²) < 4.78 is 9.98. The largest absolute Gasteiger partial charge is 0.479 e. The minimum atomic E-state index is -0.460. The van der Waals surface area contributed by atoms with Crippen LogP contribution in [0.25, 0.3) is 0 Å². The van der Waals surface area contributed by atoms with E-state index in [9.17, 15) is 9.90 Å². The van der Waals surface area contributed by atoms with Gasteiger partial charge in [0.25, 0.3) is 5.91 Å². The molecule has 1 spiro atoms. The van der Waals surface area contributed by atoms with Crippen molar-refractivity contribution in [2.24, 2.45) is 23.7 Å². The fourth-order valence-electron chi connectivity index (χ4n) is 7.03. The van der Waals surface area contributed by atoms with Gasteiger partial charge >= 0.3 is 0 Å². The van der Waals surface area contributed by atoms with Gasteiger partial charge < -0.3 is 14.7 Å². The van der Waals surface area contributed by atoms with Gasteiger partial charge in [-0.2, -0.15) is 0 Å². The molecule has 7 unspecified atom stereocenters. The zero-order chi connectivity index (χ0) is 27.3. The van der Waals surface area contributed by atoms with Crippen LogP contribution in [0.1, 0.15) is 67.9 Å². The molecular weight excluding hydrogens is 528 g/mol. The van der Waals surface area contributed by atoms with Crippen molar-refractivity contribution in [2.75, 3.05) is 18.0 Å². The van der Waals surface area contributed by atoms with Crippen molar-refractivity contribution in [3.63, 3.8) is 0 Å². The molecule has 1 fully saturated rings. The molecule has 2 aliphatic carbocycles. The van der Waals surface area contributed by atoms with Gasteiger partial charge in [0.2, 0.25) is 0 Å². The minimum Gasteiger partial charge on any atom is -0.479 e. The first kappa shape index (κ1) is 27.0. The summed E-state index contributed by atoms with van der Waals surface area (Å²) in [6.07, 6.45) is 8.59. The van der Waals surface area contributed by atoms with Crippen molar-refractivity contribution < 1.29 is 14.6 Å². The maximum atomic E-state index is 13.2. The van der Waals surface area contributed by atoms with Gasteiger partial charge in [0.1, 0.15) is 5.75 Å². The second-order valence-electron chi connectivity index (χ2n) is 12.2. The number of nitrogens with one attached hydrogen (secondary N) is 1. The molecule has 2 aliphatic heterocycles. The molecule has 2 bridgehead atoms. The molecule has 2 aromatic carbocycles. The molecule has 7 atom stereocenters. The van der Waals surface area contributed by atoms with Crippen LogP contribution in [0.4, 0.5) is 5.69 Å². The Balaban J connectivity index is 1.40. The number of carbonyl (C=O) groups excluding carboxylic acids is 1. The van der Waals surface area contributed by atoms with Gasteiger partial charge in [-0.1, -0.05) is 50.6 Å². The van der Waals surface area contributed by atoms with Crippen LogP contribution in [0.3, 0.4) is 0 Å². The van der Waals surface area contributed by atoms with Gasteiger partial charge in [-0.05, 0) is 104 Å². The number of hydrogen-bond donors (Lipinski definition) is 2. The van der Waals surface area contributed by atoms with Crippen molar-refractivity contribution in [2.45, 2.75) is 69.8 Å². The molecule has 0 radical (unpaired) electrons. The number of nitrogens with zero attached hydrogens (tertiary/aromatic N) is 1. The first-order valence-corrected chi connectivity index (χ1v) is 15.7. The standard InChI is InChI=1S/C32H39ClN2O3S/c1-19-6-4-8-29(36)25-14-20(2)26(25)17-35-18-32(13-5-7-22-15-24(33)10-11-27(22)32)38-30-12-9-23(16-28(30)35)31(37)34-39-21(19)3/h4,8-12,15-16,19-21,25-26,29,36H,5-7,13-14,17-18H2,1-3H3,(H,34,37)/b8-4+. The van der Waals surface area contributed by atoms with E-state index in [0.29, 0.717) is 29.9 Å². The van der Waals surface area contributed by atoms with E-state index in [4.69, 9.17) is 16.3 Å². The monoisotopic (exact) mass is 566 g/mol. The number of anilines is 1. The van der Waals surface area contributed by atoms with Crippen molar-refractivity contribution in [3.8, 4) is 5.75 Å². The summed E-state index contributed by atoms with van der Waals surface area (Å²) in [4.78, 5) is 15.6. The third-order valence-electron chi connectivity index (χ3n) is 9.67. The number of aryl methyl sites for hydroxylation is 1. The van der Waals surface area contributed by atoms with E-state index in [1.807, 2.05) is 30.3 Å². The van der Waals surface area contributed by atoms with Crippen molar-refractivity contribution in [3.05, 3.63) is 70.3 Å². The van der Waals surface area contributed by atoms with Gasteiger partial charge in [0.15, 0.2) is 5.60 Å². The zero-order valence-corrected chi connectivity index (χ0v) is 24.6. The Morgan fingerprint density at radius 1 is 1.13 bits per heavy atom. The molecule has 5 nitrogen and oxygen atoms in total. The predicted octanol–water partition coefficient (Wildman–Crippen LogP) is 6.77. The second-order valence-corrected chi connectivity index (χ2v) is 13.9. The SMILES string of the molecule is CC1C/C=C/C(O)C2CC(C)C2CN2CC3(CCCc4cc(Cl)ccc43)Oc3ccc(cc32)C(=O)NSC1C. The number of amides is 1. The van der Waals surface area contributed by atoms with E-state index < -0.39 is 11.7 Å². The van der Waals surface area contributed by atoms with E-state index in [-0.39, 0.29) is 17.1 Å². The van der Waals surface area contributed by atoms with Crippen molar-refractivity contribution >= 4 is 35.1 Å². The minimum absolute atomic E-state index is 0.0762. The maximum absolute atomic E-state index is 13.2. The quantitative estimate of drug-likeness (QED) is 0.272. The highest BCUT2D eigenvalue weighted by Crippen LogP contribution is 2.50. The number of benzene rings is 2. The molecule has 0 saturated heterocycles. The van der Waals surface area contributed by atoms with Crippen LogP contribution in [0, 0.1) is 23.7 Å². The first-order chi connectivity index (χ1) is 18.7. The lowest BCUT2D eigenvalue weighted by molar-refractivity contribution is -0.00628. The third-order valence-corrected chi connectivity index (χ3v) is 11.0. The van der Waals surface area contributed by atoms with Crippen LogP contribution in [0.15, 0.2) is 48.6 Å². The van der Waals surface area contributed by atoms with Crippen LogP contribution >= 0.6 is 23.5 Å². The first-order valence-electron chi connectivity index (χ1n) is 14.4. The molecule has 6 rings (SSSR count). The third kappa shape index (κ3) is 5.09. The topological polar surface area (TPSA) is 61.8 Å². The van der Waals surface area contributed by atoms with Gasteiger partial charge in [-0.25, -0.2) is 0 Å². The molecule has 7 heteroatoms. The lowest BCUT2D eigenvalue weighted by Crippen LogP contribution is -2.55. The summed E-state index contributed by atoms with van der Waals surface area (Å²) in [5, 5.41) is 12.2. The second kappa shape index (κ2) is 10.7. The number of carbonyl (C=O) groups is 1. The van der Waals surface area contributed by atoms with Gasteiger partial charge in [-0.3, -0.25) is 9.52 Å². The molecule has 208 valence electrons. The average Bonchev–Trinajstić information content (AvgIpc) is 2.92. The molecule has 2 heterocycles. The molecule has 4 aliphatic rings. The number of fused-ring (bicyclic) bond motifs is 4. The highest BCUT2D eigenvalue weighted by atomic mass is 35.5. The van der Waals surface area contributed by atoms with Gasteiger partial charge in [0, 0.05) is 27.9 Å². The van der Waals surface area contributed by atoms with Gasteiger partial charge in [-0.15, -0.1) is 0 Å². The van der Waals surface area contributed by atoms with Crippen molar-refractivity contribution in [1.29, 1.82) is 0 Å². The van der Waals surface area contributed by atoms with Crippen molar-refractivity contribution in [1.82, 2.24) is 4.72 Å². The number of halogens is 1. The molecule has 2 N–H and O–H groups in total. The Morgan fingerprint density at radius 2 is 1.97 bits per heavy atom. The van der Waals surface area contributed by atoms with Crippen LogP contribution in [0.2, 0.25) is 5.02 Å². The van der Waals surface area contributed by atoms with E-state index in [1.165, 1.54) is 23.1 Å². The zero-order valence-electron chi connectivity index (χ0n) is 23.0. The number of aliphatic hydroxyl groups excluding tert-OH is 1. The Hall–Kier alpha value is -2.15. The molecule has 39 heavy (non-hydrogen) atoms. The normalized spacial score (nSPS) is 35.2. The molecule has 0 aromatic heterocycles. The van der Waals surface area contributed by atoms with E-state index >= 15 is 0 Å². The Morgan fingerprint density at radius 3 is 2.79 bits per heavy atom. The molecule has 1 amide bonds. The fraction of sp³-hybridized carbons (Fsp3) is 0.531. The number of rotatable bonds is 0. The highest BCUT2D eigenvalue weighted by molar-refractivity contribution is 7.98. The summed E-state index contributed by atoms with van der Waals surface area (Å²) >= 11 is 7.86. The Kier molecular flexibility index (Phi) is 7.41. The molecule has 1 saturated carbocycles. The summed E-state index contributed by atoms with van der Waals surface area (Å²) in [5.74, 6) is 2.24. The number of hydrogen-bond acceptors (Lipinski definition) is 5. The number of ether oxygens (including phenoxy) is 1. The van der Waals surface area contributed by atoms with Gasteiger partial charge in [0.05, 0.1) is 18.3 Å². The van der Waals surface area contributed by atoms with E-state index in [2.05, 4.69) is 48.6 Å². The summed E-state index contributed by atoms with van der Waals surface area (Å²) in [7, 11) is 0. The smallest absolute Gasteiger partial charge is 0.261 e. The average molecular weight is 567 g/mol. The van der Waals surface area contributed by atoms with Crippen LogP contribution in [-0.2, 0) is 12.0 Å². The summed E-state index contributed by atoms with van der Waals surface area (Å²) in [5.41, 5.74) is 3.64. The van der Waals surface area contributed by atoms with E-state index in [0.717, 1.165) is 55.1 Å². The highest BCUT2D eigenvalue weighted by Gasteiger charge is 2.48. The molecular formula is C32H39ClN2O3S. The maximum Gasteiger partial charge on any atom is 0.261 e. The molecule has 2 aromatic rings. The Bertz CT molecular complexity index is 1280. The Labute approximate surface area is 241 Å². The number of allylic oxidation sites excluding steroid dienone is 1. The lowest BCUT2D eigenvalue weighted by atomic mass is 9.63. The summed E-state index contributed by atoms with van der Waals surface area (Å²) in [6.45, 7) is 8.18. The predicted molar refractivity (Wildman–Crippen MR) is 160 cm³/mol. The van der Waals surface area contributed by atoms with Crippen LogP contribution in [0.5, 0.6) is 5.75 Å². The lowest BCUT2D eigenvalue weighted by Gasteiger charge is -2.52. The summed E-state index contributed by atoms with van der Waals surface area (Å²) in [6, 6.07) is 12.1. The van der Waals surface area contributed by atoms with Crippen LogP contribution in [-0.4, -0.2) is 35.5 Å². The fourth-order valence-corrected chi connectivity index (χ4v) is 7.98. The van der Waals surface area contributed by atoms with E-state index in [1.54, 1.807) is 0 Å². The number of aliphatic hydroxyl groups is 1.